The third kappa shape index (κ3) is 4.66. The summed E-state index contributed by atoms with van der Waals surface area (Å²) in [6.45, 7) is 0. The highest BCUT2D eigenvalue weighted by Crippen LogP contribution is 2.20. The quantitative estimate of drug-likeness (QED) is 0.649. The lowest BCUT2D eigenvalue weighted by Crippen LogP contribution is -2.07. The Kier molecular flexibility index (Phi) is 5.93. The van der Waals surface area contributed by atoms with Crippen LogP contribution in [0, 0.1) is 5.92 Å². The van der Waals surface area contributed by atoms with Crippen molar-refractivity contribution in [3.05, 3.63) is 52.2 Å². The lowest BCUT2D eigenvalue weighted by atomic mass is 9.95. The molecule has 0 radical (unpaired) electrons. The number of thiophene rings is 1. The van der Waals surface area contributed by atoms with E-state index in [0.717, 1.165) is 17.5 Å². The minimum Gasteiger partial charge on any atom is -0.497 e. The number of hydrogen-bond donors (Lipinski definition) is 0. The highest BCUT2D eigenvalue weighted by Gasteiger charge is 2.09. The topological polar surface area (TPSA) is 9.23 Å². The van der Waals surface area contributed by atoms with Gasteiger partial charge in [-0.1, -0.05) is 28.1 Å². The standard InChI is InChI=1S/C16H19BrOS/c1-18-16-6-4-13(5-7-16)10-15(11-17)3-2-14-8-9-19-12-14/h4-9,12,15H,2-3,10-11H2,1H3. The third-order valence-corrected chi connectivity index (χ3v) is 4.97. The Bertz CT molecular complexity index is 464. The lowest BCUT2D eigenvalue weighted by molar-refractivity contribution is 0.414. The summed E-state index contributed by atoms with van der Waals surface area (Å²) in [6.07, 6.45) is 3.53. The summed E-state index contributed by atoms with van der Waals surface area (Å²) in [6, 6.07) is 10.6. The van der Waals surface area contributed by atoms with E-state index in [9.17, 15) is 0 Å². The molecular weight excluding hydrogens is 320 g/mol. The van der Waals surface area contributed by atoms with Crippen LogP contribution in [0.15, 0.2) is 41.1 Å². The molecule has 1 unspecified atom stereocenters. The second kappa shape index (κ2) is 7.71. The molecule has 2 rings (SSSR count). The number of halogens is 1. The maximum absolute atomic E-state index is 5.19. The number of benzene rings is 1. The van der Waals surface area contributed by atoms with E-state index in [2.05, 4.69) is 44.9 Å². The summed E-state index contributed by atoms with van der Waals surface area (Å²) in [5.41, 5.74) is 2.85. The Morgan fingerprint density at radius 3 is 2.53 bits per heavy atom. The van der Waals surface area contributed by atoms with Crippen LogP contribution >= 0.6 is 27.3 Å². The van der Waals surface area contributed by atoms with Crippen molar-refractivity contribution in [2.75, 3.05) is 12.4 Å². The number of rotatable bonds is 7. The van der Waals surface area contributed by atoms with Gasteiger partial charge in [-0.05, 0) is 65.3 Å². The van der Waals surface area contributed by atoms with E-state index >= 15 is 0 Å². The van der Waals surface area contributed by atoms with Crippen molar-refractivity contribution in [3.8, 4) is 5.75 Å². The van der Waals surface area contributed by atoms with Crippen LogP contribution in [0.1, 0.15) is 17.5 Å². The molecule has 102 valence electrons. The van der Waals surface area contributed by atoms with Crippen LogP contribution in [0.4, 0.5) is 0 Å². The molecule has 0 fully saturated rings. The van der Waals surface area contributed by atoms with Crippen LogP contribution in [-0.2, 0) is 12.8 Å². The zero-order chi connectivity index (χ0) is 13.5. The van der Waals surface area contributed by atoms with Gasteiger partial charge in [0.25, 0.3) is 0 Å². The van der Waals surface area contributed by atoms with E-state index in [1.54, 1.807) is 18.4 Å². The molecule has 1 atom stereocenters. The SMILES string of the molecule is COc1ccc(CC(CBr)CCc2ccsc2)cc1. The smallest absolute Gasteiger partial charge is 0.118 e. The highest BCUT2D eigenvalue weighted by atomic mass is 79.9. The lowest BCUT2D eigenvalue weighted by Gasteiger charge is -2.14. The van der Waals surface area contributed by atoms with Crippen molar-refractivity contribution in [2.45, 2.75) is 19.3 Å². The molecule has 2 aromatic rings. The number of methoxy groups -OCH3 is 1. The average molecular weight is 339 g/mol. The van der Waals surface area contributed by atoms with Gasteiger partial charge in [-0.2, -0.15) is 11.3 Å². The Hall–Kier alpha value is -0.800. The van der Waals surface area contributed by atoms with Crippen molar-refractivity contribution < 1.29 is 4.74 Å². The van der Waals surface area contributed by atoms with Gasteiger partial charge in [0.1, 0.15) is 5.75 Å². The first-order valence-corrected chi connectivity index (χ1v) is 8.58. The third-order valence-electron chi connectivity index (χ3n) is 3.32. The second-order valence-electron chi connectivity index (χ2n) is 4.74. The molecule has 1 aromatic heterocycles. The van der Waals surface area contributed by atoms with Gasteiger partial charge in [0, 0.05) is 5.33 Å². The zero-order valence-electron chi connectivity index (χ0n) is 11.1. The van der Waals surface area contributed by atoms with Crippen LogP contribution in [0.5, 0.6) is 5.75 Å². The Morgan fingerprint density at radius 1 is 1.16 bits per heavy atom. The first-order chi connectivity index (χ1) is 9.31. The highest BCUT2D eigenvalue weighted by molar-refractivity contribution is 9.09. The molecule has 0 amide bonds. The van der Waals surface area contributed by atoms with Crippen LogP contribution < -0.4 is 4.74 Å². The van der Waals surface area contributed by atoms with Crippen molar-refractivity contribution in [2.24, 2.45) is 5.92 Å². The molecular formula is C16H19BrOS. The molecule has 0 bridgehead atoms. The summed E-state index contributed by atoms with van der Waals surface area (Å²) in [5.74, 6) is 1.62. The fraction of sp³-hybridized carbons (Fsp3) is 0.375. The molecule has 0 saturated heterocycles. The minimum atomic E-state index is 0.688. The van der Waals surface area contributed by atoms with Crippen molar-refractivity contribution in [1.29, 1.82) is 0 Å². The van der Waals surface area contributed by atoms with Gasteiger partial charge in [-0.25, -0.2) is 0 Å². The van der Waals surface area contributed by atoms with Crippen LogP contribution in [-0.4, -0.2) is 12.4 Å². The van der Waals surface area contributed by atoms with Crippen molar-refractivity contribution >= 4 is 27.3 Å². The summed E-state index contributed by atoms with van der Waals surface area (Å²) in [5, 5.41) is 5.46. The first-order valence-electron chi connectivity index (χ1n) is 6.51. The molecule has 1 nitrogen and oxygen atoms in total. The number of hydrogen-bond acceptors (Lipinski definition) is 2. The van der Waals surface area contributed by atoms with E-state index in [-0.39, 0.29) is 0 Å². The summed E-state index contributed by atoms with van der Waals surface area (Å²) >= 11 is 5.42. The zero-order valence-corrected chi connectivity index (χ0v) is 13.5. The molecule has 0 aliphatic heterocycles. The van der Waals surface area contributed by atoms with Gasteiger partial charge in [0.05, 0.1) is 7.11 Å². The van der Waals surface area contributed by atoms with E-state index in [1.165, 1.54) is 24.0 Å². The molecule has 3 heteroatoms. The van der Waals surface area contributed by atoms with Crippen molar-refractivity contribution in [1.82, 2.24) is 0 Å². The maximum atomic E-state index is 5.19. The van der Waals surface area contributed by atoms with E-state index in [0.29, 0.717) is 5.92 Å². The van der Waals surface area contributed by atoms with Gasteiger partial charge in [-0.15, -0.1) is 0 Å². The largest absolute Gasteiger partial charge is 0.497 e. The van der Waals surface area contributed by atoms with Crippen molar-refractivity contribution in [3.63, 3.8) is 0 Å². The number of alkyl halides is 1. The monoisotopic (exact) mass is 338 g/mol. The fourth-order valence-corrected chi connectivity index (χ4v) is 3.39. The predicted octanol–water partition coefficient (Wildman–Crippen LogP) is 4.94. The van der Waals surface area contributed by atoms with E-state index in [4.69, 9.17) is 4.74 Å². The summed E-state index contributed by atoms with van der Waals surface area (Å²) in [7, 11) is 1.71. The van der Waals surface area contributed by atoms with Gasteiger partial charge in [0.15, 0.2) is 0 Å². The first kappa shape index (κ1) is 14.6. The van der Waals surface area contributed by atoms with E-state index in [1.807, 2.05) is 12.1 Å². The van der Waals surface area contributed by atoms with E-state index < -0.39 is 0 Å². The molecule has 0 aliphatic rings. The second-order valence-corrected chi connectivity index (χ2v) is 6.17. The number of aryl methyl sites for hydroxylation is 1. The molecule has 0 N–H and O–H groups in total. The molecule has 1 heterocycles. The summed E-state index contributed by atoms with van der Waals surface area (Å²) in [4.78, 5) is 0. The van der Waals surface area contributed by atoms with Crippen LogP contribution in [0.2, 0.25) is 0 Å². The average Bonchev–Trinajstić information content (AvgIpc) is 2.97. The molecule has 0 aliphatic carbocycles. The normalized spacial score (nSPS) is 12.3. The Morgan fingerprint density at radius 2 is 1.95 bits per heavy atom. The Balaban J connectivity index is 1.87. The van der Waals surface area contributed by atoms with Gasteiger partial charge in [0.2, 0.25) is 0 Å². The Labute approximate surface area is 127 Å². The van der Waals surface area contributed by atoms with Gasteiger partial charge >= 0.3 is 0 Å². The molecule has 1 aromatic carbocycles. The maximum Gasteiger partial charge on any atom is 0.118 e. The van der Waals surface area contributed by atoms with Crippen LogP contribution in [0.3, 0.4) is 0 Å². The summed E-state index contributed by atoms with van der Waals surface area (Å²) < 4.78 is 5.19. The number of ether oxygens (including phenoxy) is 1. The van der Waals surface area contributed by atoms with Crippen LogP contribution in [0.25, 0.3) is 0 Å². The minimum absolute atomic E-state index is 0.688. The predicted molar refractivity (Wildman–Crippen MR) is 86.6 cm³/mol. The van der Waals surface area contributed by atoms with Gasteiger partial charge < -0.3 is 4.74 Å². The fourth-order valence-electron chi connectivity index (χ4n) is 2.13. The molecule has 19 heavy (non-hydrogen) atoms. The molecule has 0 saturated carbocycles. The van der Waals surface area contributed by atoms with Gasteiger partial charge in [-0.3, -0.25) is 0 Å². The molecule has 0 spiro atoms.